The lowest BCUT2D eigenvalue weighted by Gasteiger charge is -2.24. The number of allylic oxidation sites excluding steroid dienone is 1. The highest BCUT2D eigenvalue weighted by molar-refractivity contribution is 6.35. The molecule has 26 heavy (non-hydrogen) atoms. The van der Waals surface area contributed by atoms with E-state index in [0.29, 0.717) is 5.15 Å². The molecule has 0 fully saturated rings. The zero-order valence-electron chi connectivity index (χ0n) is 16.6. The number of halogens is 2. The van der Waals surface area contributed by atoms with Crippen LogP contribution < -0.4 is 0 Å². The van der Waals surface area contributed by atoms with Gasteiger partial charge in [-0.1, -0.05) is 45.4 Å². The van der Waals surface area contributed by atoms with Crippen LogP contribution in [0.25, 0.3) is 11.0 Å². The number of aromatic nitrogens is 3. The van der Waals surface area contributed by atoms with Crippen LogP contribution in [0.3, 0.4) is 0 Å². The van der Waals surface area contributed by atoms with E-state index >= 15 is 0 Å². The lowest BCUT2D eigenvalue weighted by molar-refractivity contribution is -0.127. The second-order valence-electron chi connectivity index (χ2n) is 6.49. The van der Waals surface area contributed by atoms with Gasteiger partial charge < -0.3 is 14.8 Å². The average molecular weight is 404 g/mol. The van der Waals surface area contributed by atoms with Crippen molar-refractivity contribution in [2.75, 3.05) is 0 Å². The molecule has 0 aliphatic carbocycles. The monoisotopic (exact) mass is 403 g/mol. The van der Waals surface area contributed by atoms with Crippen molar-refractivity contribution in [2.24, 2.45) is 5.41 Å². The third kappa shape index (κ3) is 8.49. The van der Waals surface area contributed by atoms with E-state index in [4.69, 9.17) is 33.4 Å². The molecule has 0 radical (unpaired) electrons. The smallest absolute Gasteiger partial charge is 0.225 e. The molecule has 7 heteroatoms. The topological polar surface area (TPSA) is 71.2 Å². The molecule has 2 rings (SSSR count). The maximum absolute atomic E-state index is 8.08. The number of hydrogen-bond acceptors (Lipinski definition) is 4. The Kier molecular flexibility index (Phi) is 10.4. The predicted molar refractivity (Wildman–Crippen MR) is 111 cm³/mol. The fourth-order valence-corrected chi connectivity index (χ4v) is 2.42. The van der Waals surface area contributed by atoms with Crippen molar-refractivity contribution in [3.63, 3.8) is 0 Å². The Morgan fingerprint density at radius 2 is 1.73 bits per heavy atom. The first kappa shape index (κ1) is 24.9. The quantitative estimate of drug-likeness (QED) is 0.300. The fraction of sp³-hybridized carbons (Fsp3) is 0.579. The Morgan fingerprint density at radius 3 is 2.19 bits per heavy atom. The molecule has 148 valence electrons. The van der Waals surface area contributed by atoms with Crippen LogP contribution in [0.2, 0.25) is 10.4 Å². The summed E-state index contributed by atoms with van der Waals surface area (Å²) in [6.45, 7) is 15.7. The SMILES string of the molecule is C=C[C@@](C)(CC)CCn1ccc2c(Cl)nc(Cl)nc21.CC.CC(C)(O)O. The van der Waals surface area contributed by atoms with Crippen LogP contribution in [-0.2, 0) is 6.54 Å². The third-order valence-electron chi connectivity index (χ3n) is 3.77. The molecule has 2 heterocycles. The molecule has 1 atom stereocenters. The summed E-state index contributed by atoms with van der Waals surface area (Å²) in [6.07, 6.45) is 6.05. The van der Waals surface area contributed by atoms with E-state index in [2.05, 4.69) is 35.0 Å². The van der Waals surface area contributed by atoms with E-state index in [1.54, 1.807) is 0 Å². The highest BCUT2D eigenvalue weighted by Gasteiger charge is 2.18. The highest BCUT2D eigenvalue weighted by atomic mass is 35.5. The Bertz CT molecular complexity index is 690. The van der Waals surface area contributed by atoms with Gasteiger partial charge in [-0.25, -0.2) is 4.98 Å². The Labute approximate surface area is 166 Å². The molecule has 5 nitrogen and oxygen atoms in total. The van der Waals surface area contributed by atoms with Crippen LogP contribution in [-0.4, -0.2) is 30.5 Å². The van der Waals surface area contributed by atoms with Crippen LogP contribution in [0.1, 0.15) is 54.4 Å². The summed E-state index contributed by atoms with van der Waals surface area (Å²) in [5.74, 6) is -1.50. The highest BCUT2D eigenvalue weighted by Crippen LogP contribution is 2.29. The second kappa shape index (κ2) is 10.9. The summed E-state index contributed by atoms with van der Waals surface area (Å²) in [6, 6.07) is 1.92. The number of nitrogens with zero attached hydrogens (tertiary/aromatic N) is 3. The first-order chi connectivity index (χ1) is 12.0. The number of fused-ring (bicyclic) bond motifs is 1. The minimum Gasteiger partial charge on any atom is -0.366 e. The molecule has 0 unspecified atom stereocenters. The number of rotatable bonds is 5. The Morgan fingerprint density at radius 1 is 1.19 bits per heavy atom. The molecular weight excluding hydrogens is 373 g/mol. The molecule has 2 aromatic heterocycles. The van der Waals surface area contributed by atoms with Crippen LogP contribution >= 0.6 is 23.2 Å². The van der Waals surface area contributed by atoms with Gasteiger partial charge in [0.15, 0.2) is 5.79 Å². The van der Waals surface area contributed by atoms with Crippen molar-refractivity contribution in [1.29, 1.82) is 0 Å². The molecule has 0 amide bonds. The van der Waals surface area contributed by atoms with Gasteiger partial charge in [0.2, 0.25) is 5.28 Å². The van der Waals surface area contributed by atoms with Gasteiger partial charge in [-0.2, -0.15) is 4.98 Å². The lowest BCUT2D eigenvalue weighted by Crippen LogP contribution is -2.15. The summed E-state index contributed by atoms with van der Waals surface area (Å²) in [4.78, 5) is 8.20. The van der Waals surface area contributed by atoms with Gasteiger partial charge in [-0.3, -0.25) is 0 Å². The largest absolute Gasteiger partial charge is 0.366 e. The van der Waals surface area contributed by atoms with E-state index in [1.165, 1.54) is 13.8 Å². The predicted octanol–water partition coefficient (Wildman–Crippen LogP) is 5.46. The van der Waals surface area contributed by atoms with Crippen molar-refractivity contribution < 1.29 is 10.2 Å². The molecule has 0 saturated carbocycles. The third-order valence-corrected chi connectivity index (χ3v) is 4.23. The van der Waals surface area contributed by atoms with E-state index < -0.39 is 5.79 Å². The van der Waals surface area contributed by atoms with Gasteiger partial charge in [0.1, 0.15) is 10.8 Å². The van der Waals surface area contributed by atoms with E-state index in [-0.39, 0.29) is 10.7 Å². The normalized spacial score (nSPS) is 13.2. The first-order valence-corrected chi connectivity index (χ1v) is 9.51. The van der Waals surface area contributed by atoms with Gasteiger partial charge in [0, 0.05) is 12.7 Å². The fourth-order valence-electron chi connectivity index (χ4n) is 1.98. The van der Waals surface area contributed by atoms with Crippen molar-refractivity contribution in [3.8, 4) is 0 Å². The van der Waals surface area contributed by atoms with Crippen LogP contribution in [0.15, 0.2) is 24.9 Å². The van der Waals surface area contributed by atoms with Crippen LogP contribution in [0, 0.1) is 5.41 Å². The zero-order valence-corrected chi connectivity index (χ0v) is 18.1. The molecular formula is C19H31Cl2N3O2. The molecule has 2 N–H and O–H groups in total. The first-order valence-electron chi connectivity index (χ1n) is 8.75. The minimum atomic E-state index is -1.50. The van der Waals surface area contributed by atoms with E-state index in [0.717, 1.165) is 30.4 Å². The molecule has 0 spiro atoms. The molecule has 0 aliphatic rings. The molecule has 0 saturated heterocycles. The minimum absolute atomic E-state index is 0.136. The molecule has 0 aliphatic heterocycles. The van der Waals surface area contributed by atoms with Gasteiger partial charge in [0.25, 0.3) is 0 Å². The number of aryl methyl sites for hydroxylation is 1. The molecule has 2 aromatic rings. The molecule has 0 bridgehead atoms. The van der Waals surface area contributed by atoms with E-state index in [9.17, 15) is 0 Å². The lowest BCUT2D eigenvalue weighted by atomic mass is 9.84. The average Bonchev–Trinajstić information content (AvgIpc) is 2.96. The van der Waals surface area contributed by atoms with Gasteiger partial charge in [-0.15, -0.1) is 6.58 Å². The van der Waals surface area contributed by atoms with Gasteiger partial charge in [-0.05, 0) is 49.8 Å². The summed E-state index contributed by atoms with van der Waals surface area (Å²) >= 11 is 11.9. The van der Waals surface area contributed by atoms with Crippen molar-refractivity contribution in [1.82, 2.24) is 14.5 Å². The maximum Gasteiger partial charge on any atom is 0.225 e. The Balaban J connectivity index is 0.000000772. The number of hydrogen-bond donors (Lipinski definition) is 2. The summed E-state index contributed by atoms with van der Waals surface area (Å²) in [5, 5.41) is 17.6. The van der Waals surface area contributed by atoms with Crippen molar-refractivity contribution in [2.45, 2.75) is 66.7 Å². The van der Waals surface area contributed by atoms with Gasteiger partial charge >= 0.3 is 0 Å². The zero-order chi connectivity index (χ0) is 20.5. The summed E-state index contributed by atoms with van der Waals surface area (Å²) in [5.41, 5.74) is 0.921. The number of aliphatic hydroxyl groups is 2. The van der Waals surface area contributed by atoms with Crippen molar-refractivity contribution in [3.05, 3.63) is 35.4 Å². The van der Waals surface area contributed by atoms with E-state index in [1.807, 2.05) is 32.2 Å². The summed E-state index contributed by atoms with van der Waals surface area (Å²) in [7, 11) is 0. The Hall–Kier alpha value is -1.14. The van der Waals surface area contributed by atoms with Gasteiger partial charge in [0.05, 0.1) is 5.39 Å². The van der Waals surface area contributed by atoms with Crippen LogP contribution in [0.5, 0.6) is 0 Å². The standard InChI is InChI=1S/C14H17Cl2N3.C3H8O2.C2H6/c1-4-14(3,5-2)7-9-19-8-6-10-11(15)17-13(16)18-12(10)19;1-3(2,4)5;1-2/h4,6,8H,1,5,7,9H2,2-3H3;4-5H,1-2H3;1-2H3/t14-;;/m0../s1. The molecule has 0 aromatic carbocycles. The van der Waals surface area contributed by atoms with Crippen LogP contribution in [0.4, 0.5) is 0 Å². The van der Waals surface area contributed by atoms with Crippen molar-refractivity contribution >= 4 is 34.2 Å². The second-order valence-corrected chi connectivity index (χ2v) is 7.18. The summed E-state index contributed by atoms with van der Waals surface area (Å²) < 4.78 is 2.06. The maximum atomic E-state index is 8.08.